The van der Waals surface area contributed by atoms with E-state index in [9.17, 15) is 5.11 Å². The molecule has 1 atom stereocenters. The van der Waals surface area contributed by atoms with E-state index >= 15 is 0 Å². The van der Waals surface area contributed by atoms with Gasteiger partial charge >= 0.3 is 0 Å². The molecular weight excluding hydrogens is 244 g/mol. The van der Waals surface area contributed by atoms with Crippen LogP contribution in [-0.2, 0) is 4.74 Å². The molecule has 0 spiro atoms. The van der Waals surface area contributed by atoms with Crippen LogP contribution in [0.5, 0.6) is 0 Å². The summed E-state index contributed by atoms with van der Waals surface area (Å²) in [6.07, 6.45) is 3.65. The van der Waals surface area contributed by atoms with Crippen molar-refractivity contribution in [3.05, 3.63) is 35.2 Å². The van der Waals surface area contributed by atoms with Crippen molar-refractivity contribution in [2.45, 2.75) is 37.4 Å². The molecule has 0 bridgehead atoms. The third-order valence-corrected chi connectivity index (χ3v) is 5.11. The van der Waals surface area contributed by atoms with E-state index in [1.165, 1.54) is 16.5 Å². The van der Waals surface area contributed by atoms with Crippen LogP contribution in [0.4, 0.5) is 0 Å². The Balaban J connectivity index is 1.85. The SMILES string of the molecule is COC1(CC(O)c2csc3ccccc23)CCC1. The smallest absolute Gasteiger partial charge is 0.0831 e. The molecule has 96 valence electrons. The quantitative estimate of drug-likeness (QED) is 0.905. The summed E-state index contributed by atoms with van der Waals surface area (Å²) < 4.78 is 6.84. The Kier molecular flexibility index (Phi) is 3.14. The third-order valence-electron chi connectivity index (χ3n) is 4.13. The summed E-state index contributed by atoms with van der Waals surface area (Å²) in [6.45, 7) is 0. The number of hydrogen-bond acceptors (Lipinski definition) is 3. The molecule has 3 rings (SSSR count). The van der Waals surface area contributed by atoms with Crippen molar-refractivity contribution in [2.24, 2.45) is 0 Å². The van der Waals surface area contributed by atoms with E-state index in [2.05, 4.69) is 17.5 Å². The lowest BCUT2D eigenvalue weighted by Gasteiger charge is -2.41. The molecule has 0 saturated heterocycles. The second-order valence-electron chi connectivity index (χ2n) is 5.15. The molecule has 1 unspecified atom stereocenters. The molecule has 0 amide bonds. The van der Waals surface area contributed by atoms with E-state index in [4.69, 9.17) is 4.74 Å². The largest absolute Gasteiger partial charge is 0.388 e. The average molecular weight is 262 g/mol. The zero-order valence-electron chi connectivity index (χ0n) is 10.6. The van der Waals surface area contributed by atoms with Crippen molar-refractivity contribution in [2.75, 3.05) is 7.11 Å². The molecule has 2 aromatic rings. The van der Waals surface area contributed by atoms with E-state index in [0.717, 1.165) is 18.4 Å². The van der Waals surface area contributed by atoms with Crippen LogP contribution >= 0.6 is 11.3 Å². The summed E-state index contributed by atoms with van der Waals surface area (Å²) in [4.78, 5) is 0. The molecule has 1 heterocycles. The van der Waals surface area contributed by atoms with Gasteiger partial charge in [0.25, 0.3) is 0 Å². The molecule has 1 aromatic heterocycles. The summed E-state index contributed by atoms with van der Waals surface area (Å²) in [6, 6.07) is 8.26. The number of thiophene rings is 1. The Hall–Kier alpha value is -0.900. The lowest BCUT2D eigenvalue weighted by Crippen LogP contribution is -2.40. The van der Waals surface area contributed by atoms with Gasteiger partial charge < -0.3 is 9.84 Å². The van der Waals surface area contributed by atoms with E-state index in [1.807, 2.05) is 12.1 Å². The van der Waals surface area contributed by atoms with Crippen LogP contribution in [0, 0.1) is 0 Å². The minimum atomic E-state index is -0.415. The van der Waals surface area contributed by atoms with Crippen LogP contribution in [-0.4, -0.2) is 17.8 Å². The number of ether oxygens (including phenoxy) is 1. The highest BCUT2D eigenvalue weighted by molar-refractivity contribution is 7.17. The minimum absolute atomic E-state index is 0.0809. The Morgan fingerprint density at radius 2 is 2.17 bits per heavy atom. The number of hydrogen-bond donors (Lipinski definition) is 1. The first-order chi connectivity index (χ1) is 8.74. The number of aliphatic hydroxyl groups is 1. The predicted octanol–water partition coefficient (Wildman–Crippen LogP) is 3.89. The van der Waals surface area contributed by atoms with Crippen molar-refractivity contribution in [3.63, 3.8) is 0 Å². The van der Waals surface area contributed by atoms with E-state index < -0.39 is 6.10 Å². The van der Waals surface area contributed by atoms with Crippen molar-refractivity contribution in [1.82, 2.24) is 0 Å². The average Bonchev–Trinajstić information content (AvgIpc) is 2.77. The van der Waals surface area contributed by atoms with E-state index in [-0.39, 0.29) is 5.60 Å². The van der Waals surface area contributed by atoms with Gasteiger partial charge in [0.15, 0.2) is 0 Å². The fourth-order valence-electron chi connectivity index (χ4n) is 2.78. The first-order valence-corrected chi connectivity index (χ1v) is 7.31. The second kappa shape index (κ2) is 4.65. The highest BCUT2D eigenvalue weighted by Crippen LogP contribution is 2.43. The fourth-order valence-corrected chi connectivity index (χ4v) is 3.79. The number of benzene rings is 1. The molecule has 1 saturated carbocycles. The van der Waals surface area contributed by atoms with Crippen LogP contribution in [0.15, 0.2) is 29.6 Å². The Morgan fingerprint density at radius 1 is 1.39 bits per heavy atom. The number of rotatable bonds is 4. The van der Waals surface area contributed by atoms with Gasteiger partial charge in [-0.15, -0.1) is 11.3 Å². The first-order valence-electron chi connectivity index (χ1n) is 6.43. The van der Waals surface area contributed by atoms with Gasteiger partial charge in [0, 0.05) is 18.2 Å². The Morgan fingerprint density at radius 3 is 2.83 bits per heavy atom. The van der Waals surface area contributed by atoms with E-state index in [1.54, 1.807) is 18.4 Å². The van der Waals surface area contributed by atoms with Crippen LogP contribution in [0.25, 0.3) is 10.1 Å². The third kappa shape index (κ3) is 1.96. The maximum Gasteiger partial charge on any atom is 0.0831 e. The van der Waals surface area contributed by atoms with Crippen LogP contribution in [0.3, 0.4) is 0 Å². The zero-order chi connectivity index (χ0) is 12.6. The number of aliphatic hydroxyl groups excluding tert-OH is 1. The van der Waals surface area contributed by atoms with Crippen LogP contribution < -0.4 is 0 Å². The van der Waals surface area contributed by atoms with Gasteiger partial charge in [0.2, 0.25) is 0 Å². The van der Waals surface area contributed by atoms with Crippen LogP contribution in [0.2, 0.25) is 0 Å². The lowest BCUT2D eigenvalue weighted by molar-refractivity contribution is -0.0996. The summed E-state index contributed by atoms with van der Waals surface area (Å²) in [5.74, 6) is 0. The maximum atomic E-state index is 10.5. The second-order valence-corrected chi connectivity index (χ2v) is 6.06. The van der Waals surface area contributed by atoms with Gasteiger partial charge in [-0.25, -0.2) is 0 Å². The minimum Gasteiger partial charge on any atom is -0.388 e. The van der Waals surface area contributed by atoms with Crippen molar-refractivity contribution >= 4 is 21.4 Å². The molecule has 1 aromatic carbocycles. The summed E-state index contributed by atoms with van der Waals surface area (Å²) in [5, 5.41) is 13.7. The van der Waals surface area contributed by atoms with Crippen molar-refractivity contribution in [1.29, 1.82) is 0 Å². The molecule has 1 aliphatic carbocycles. The lowest BCUT2D eigenvalue weighted by atomic mass is 9.75. The van der Waals surface area contributed by atoms with E-state index in [0.29, 0.717) is 6.42 Å². The molecule has 1 N–H and O–H groups in total. The number of methoxy groups -OCH3 is 1. The van der Waals surface area contributed by atoms with Gasteiger partial charge in [-0.3, -0.25) is 0 Å². The van der Waals surface area contributed by atoms with Gasteiger partial charge in [-0.05, 0) is 41.7 Å². The molecule has 0 aliphatic heterocycles. The summed E-state index contributed by atoms with van der Waals surface area (Å²) >= 11 is 1.70. The normalized spacial score (nSPS) is 19.7. The molecule has 2 nitrogen and oxygen atoms in total. The molecule has 3 heteroatoms. The molecule has 0 radical (unpaired) electrons. The fraction of sp³-hybridized carbons (Fsp3) is 0.467. The Bertz CT molecular complexity index is 537. The highest BCUT2D eigenvalue weighted by atomic mass is 32.1. The van der Waals surface area contributed by atoms with Gasteiger partial charge in [-0.2, -0.15) is 0 Å². The zero-order valence-corrected chi connectivity index (χ0v) is 11.4. The van der Waals surface area contributed by atoms with Gasteiger partial charge in [0.1, 0.15) is 0 Å². The van der Waals surface area contributed by atoms with Gasteiger partial charge in [-0.1, -0.05) is 18.2 Å². The predicted molar refractivity (Wildman–Crippen MR) is 75.0 cm³/mol. The van der Waals surface area contributed by atoms with Crippen molar-refractivity contribution in [3.8, 4) is 0 Å². The molecule has 1 fully saturated rings. The first kappa shape index (κ1) is 12.2. The summed E-state index contributed by atoms with van der Waals surface area (Å²) in [7, 11) is 1.76. The maximum absolute atomic E-state index is 10.5. The monoisotopic (exact) mass is 262 g/mol. The standard InChI is InChI=1S/C15H18O2S/c1-17-15(7-4-8-15)9-13(16)12-10-18-14-6-3-2-5-11(12)14/h2-3,5-6,10,13,16H,4,7-9H2,1H3. The Labute approximate surface area is 111 Å². The summed E-state index contributed by atoms with van der Waals surface area (Å²) in [5.41, 5.74) is 0.974. The molecule has 1 aliphatic rings. The molecular formula is C15H18O2S. The highest BCUT2D eigenvalue weighted by Gasteiger charge is 2.39. The molecule has 18 heavy (non-hydrogen) atoms. The number of fused-ring (bicyclic) bond motifs is 1. The van der Waals surface area contributed by atoms with Crippen LogP contribution in [0.1, 0.15) is 37.4 Å². The topological polar surface area (TPSA) is 29.5 Å². The van der Waals surface area contributed by atoms with Gasteiger partial charge in [0.05, 0.1) is 11.7 Å². The van der Waals surface area contributed by atoms with Crippen molar-refractivity contribution < 1.29 is 9.84 Å².